The second-order valence-corrected chi connectivity index (χ2v) is 13.7. The minimum absolute atomic E-state index is 0.0517. The minimum atomic E-state index is -0.626. The Bertz CT molecular complexity index is 1270. The molecule has 1 aromatic heterocycles. The third-order valence-corrected chi connectivity index (χ3v) is 8.72. The van der Waals surface area contributed by atoms with Crippen LogP contribution in [0.1, 0.15) is 80.1 Å². The molecular weight excluding hydrogens is 576 g/mol. The monoisotopic (exact) mass is 627 g/mol. The van der Waals surface area contributed by atoms with Crippen molar-refractivity contribution in [1.29, 1.82) is 0 Å². The Morgan fingerprint density at radius 3 is 2.51 bits per heavy atom. The van der Waals surface area contributed by atoms with Crippen LogP contribution in [0.2, 0.25) is 0 Å². The van der Waals surface area contributed by atoms with E-state index in [4.69, 9.17) is 15.2 Å². The van der Waals surface area contributed by atoms with Crippen LogP contribution in [-0.4, -0.2) is 100 Å². The molecule has 0 bridgehead atoms. The molecule has 3 aliphatic heterocycles. The zero-order chi connectivity index (χ0) is 32.7. The normalized spacial score (nSPS) is 22.5. The summed E-state index contributed by atoms with van der Waals surface area (Å²) in [4.78, 5) is 45.6. The van der Waals surface area contributed by atoms with E-state index >= 15 is 0 Å². The number of amidine groups is 1. The average molecular weight is 628 g/mol. The number of ether oxygens (including phenoxy) is 2. The lowest BCUT2D eigenvalue weighted by molar-refractivity contribution is -0.458. The van der Waals surface area contributed by atoms with E-state index in [1.807, 2.05) is 50.2 Å². The number of nitrogens with two attached hydrogens (primary N) is 1. The molecular formula is C32H51N8O5+. The maximum Gasteiger partial charge on any atom is 0.408 e. The Labute approximate surface area is 266 Å². The fourth-order valence-corrected chi connectivity index (χ4v) is 5.95. The molecule has 13 heteroatoms. The highest BCUT2D eigenvalue weighted by Crippen LogP contribution is 2.28. The van der Waals surface area contributed by atoms with Gasteiger partial charge in [0, 0.05) is 31.5 Å². The zero-order valence-electron chi connectivity index (χ0n) is 27.8. The maximum atomic E-state index is 12.7. The number of amides is 4. The number of carbonyl (C=O) groups excluding carboxylic acids is 3. The van der Waals surface area contributed by atoms with Crippen LogP contribution >= 0.6 is 0 Å². The van der Waals surface area contributed by atoms with E-state index in [9.17, 15) is 14.4 Å². The van der Waals surface area contributed by atoms with Gasteiger partial charge >= 0.3 is 18.0 Å². The molecule has 13 nitrogen and oxygen atoms in total. The highest BCUT2D eigenvalue weighted by atomic mass is 16.6. The number of likely N-dealkylation sites (tertiary alicyclic amines) is 1. The Morgan fingerprint density at radius 2 is 1.89 bits per heavy atom. The molecule has 0 aliphatic carbocycles. The first kappa shape index (κ1) is 34.1. The number of aromatic nitrogens is 2. The largest absolute Gasteiger partial charge is 0.477 e. The van der Waals surface area contributed by atoms with Crippen LogP contribution < -0.4 is 20.7 Å². The average Bonchev–Trinajstić information content (AvgIpc) is 3.39. The molecule has 0 spiro atoms. The molecule has 3 N–H and O–H groups in total. The smallest absolute Gasteiger partial charge is 0.408 e. The summed E-state index contributed by atoms with van der Waals surface area (Å²) in [7, 11) is 0. The zero-order valence-corrected chi connectivity index (χ0v) is 27.8. The molecule has 3 saturated heterocycles. The number of rotatable bonds is 8. The number of carbonyl (C=O) groups is 3. The minimum Gasteiger partial charge on any atom is -0.477 e. The van der Waals surface area contributed by atoms with Crippen molar-refractivity contribution in [2.75, 3.05) is 44.2 Å². The van der Waals surface area contributed by atoms with Gasteiger partial charge in [-0.25, -0.2) is 14.4 Å². The lowest BCUT2D eigenvalue weighted by Gasteiger charge is -2.34. The molecule has 3 aliphatic rings. The summed E-state index contributed by atoms with van der Waals surface area (Å²) in [5.74, 6) is 2.54. The van der Waals surface area contributed by atoms with Crippen molar-refractivity contribution in [2.45, 2.75) is 91.7 Å². The van der Waals surface area contributed by atoms with Gasteiger partial charge in [0.05, 0.1) is 19.6 Å². The van der Waals surface area contributed by atoms with Gasteiger partial charge in [-0.1, -0.05) is 20.8 Å². The van der Waals surface area contributed by atoms with Gasteiger partial charge in [-0.2, -0.15) is 9.57 Å². The summed E-state index contributed by atoms with van der Waals surface area (Å²) in [5.41, 5.74) is 6.09. The van der Waals surface area contributed by atoms with Crippen LogP contribution in [-0.2, 0) is 9.53 Å². The second-order valence-electron chi connectivity index (χ2n) is 13.7. The van der Waals surface area contributed by atoms with E-state index in [0.717, 1.165) is 37.8 Å². The van der Waals surface area contributed by atoms with Gasteiger partial charge in [0.2, 0.25) is 11.6 Å². The van der Waals surface area contributed by atoms with Crippen molar-refractivity contribution < 1.29 is 28.4 Å². The number of hydrogen-bond acceptors (Lipinski definition) is 8. The van der Waals surface area contributed by atoms with E-state index in [-0.39, 0.29) is 23.9 Å². The Kier molecular flexibility index (Phi) is 11.4. The first-order valence-electron chi connectivity index (χ1n) is 16.3. The third kappa shape index (κ3) is 9.61. The molecule has 0 radical (unpaired) electrons. The van der Waals surface area contributed by atoms with Crippen molar-refractivity contribution in [2.24, 2.45) is 28.5 Å². The quantitative estimate of drug-likeness (QED) is 0.250. The van der Waals surface area contributed by atoms with Crippen LogP contribution in [0.25, 0.3) is 0 Å². The second kappa shape index (κ2) is 15.0. The molecule has 2 atom stereocenters. The predicted octanol–water partition coefficient (Wildman–Crippen LogP) is 3.60. The van der Waals surface area contributed by atoms with Gasteiger partial charge in [0.1, 0.15) is 24.0 Å². The van der Waals surface area contributed by atoms with Crippen LogP contribution in [0.3, 0.4) is 0 Å². The summed E-state index contributed by atoms with van der Waals surface area (Å²) < 4.78 is 13.2. The highest BCUT2D eigenvalue weighted by Gasteiger charge is 2.41. The van der Waals surface area contributed by atoms with Crippen molar-refractivity contribution in [3.63, 3.8) is 0 Å². The van der Waals surface area contributed by atoms with E-state index in [2.05, 4.69) is 27.4 Å². The van der Waals surface area contributed by atoms with Gasteiger partial charge in [0.15, 0.2) is 12.4 Å². The van der Waals surface area contributed by atoms with E-state index < -0.39 is 11.7 Å². The summed E-state index contributed by atoms with van der Waals surface area (Å²) in [6, 6.07) is 3.05. The topological polar surface area (TPSA) is 155 Å². The molecule has 0 saturated carbocycles. The number of hydrogen-bond donors (Lipinski definition) is 2. The molecule has 3 fully saturated rings. The standard InChI is InChI=1S/C32H50N8O5/c1-21(2)29(33)35-30(42)38-16-12-23(13-17-38)22(3)14-18-44-27-11-10-26(36-37-27)39-19-24(34-31(43)45-32(4,5)6)25(20-39)40-15-8-7-9-28(40)41/h10-11,21-24H,7-9,12-20H2,1-6H3,(H2-,33,34,35,42,43)/p+1. The fourth-order valence-electron chi connectivity index (χ4n) is 5.95. The molecule has 1 aromatic rings. The summed E-state index contributed by atoms with van der Waals surface area (Å²) in [6.45, 7) is 15.0. The lowest BCUT2D eigenvalue weighted by atomic mass is 9.84. The number of piperidine rings is 2. The molecule has 45 heavy (non-hydrogen) atoms. The summed E-state index contributed by atoms with van der Waals surface area (Å²) in [5, 5.41) is 11.7. The molecule has 4 rings (SSSR count). The number of alkyl carbamates (subject to hydrolysis) is 1. The van der Waals surface area contributed by atoms with E-state index in [0.29, 0.717) is 75.1 Å². The molecule has 248 valence electrons. The number of aliphatic imine (C=N–C) groups is 1. The van der Waals surface area contributed by atoms with Gasteiger partial charge in [0.25, 0.3) is 0 Å². The van der Waals surface area contributed by atoms with Crippen molar-refractivity contribution in [1.82, 2.24) is 20.4 Å². The third-order valence-electron chi connectivity index (χ3n) is 8.72. The SMILES string of the molecule is CC(C)C(N)=NC(=O)N1CCC(C(C)CCOc2ccc(N3CC(=[N+]4CCCCC4=O)C(NC(=O)OC(C)(C)C)C3)nn2)CC1. The van der Waals surface area contributed by atoms with Crippen LogP contribution in [0.15, 0.2) is 17.1 Å². The maximum absolute atomic E-state index is 12.7. The van der Waals surface area contributed by atoms with Crippen LogP contribution in [0.5, 0.6) is 5.88 Å². The van der Waals surface area contributed by atoms with E-state index in [1.54, 1.807) is 11.0 Å². The molecule has 4 heterocycles. The molecule has 0 aromatic carbocycles. The number of urea groups is 1. The molecule has 4 amide bonds. The van der Waals surface area contributed by atoms with E-state index in [1.165, 1.54) is 0 Å². The fraction of sp³-hybridized carbons (Fsp3) is 0.719. The van der Waals surface area contributed by atoms with Gasteiger partial charge in [-0.3, -0.25) is 0 Å². The van der Waals surface area contributed by atoms with Crippen molar-refractivity contribution in [3.8, 4) is 5.88 Å². The number of anilines is 1. The van der Waals surface area contributed by atoms with Crippen LogP contribution in [0, 0.1) is 17.8 Å². The lowest BCUT2D eigenvalue weighted by Crippen LogP contribution is -2.47. The summed E-state index contributed by atoms with van der Waals surface area (Å²) in [6.07, 6.45) is 4.54. The van der Waals surface area contributed by atoms with Crippen LogP contribution in [0.4, 0.5) is 15.4 Å². The van der Waals surface area contributed by atoms with Crippen molar-refractivity contribution >= 4 is 35.4 Å². The Morgan fingerprint density at radius 1 is 1.16 bits per heavy atom. The predicted molar refractivity (Wildman–Crippen MR) is 172 cm³/mol. The van der Waals surface area contributed by atoms with Gasteiger partial charge in [-0.15, -0.1) is 10.2 Å². The first-order chi connectivity index (χ1) is 21.3. The first-order valence-corrected chi connectivity index (χ1v) is 16.3. The number of nitrogens with zero attached hydrogens (tertiary/aromatic N) is 6. The Balaban J connectivity index is 1.28. The van der Waals surface area contributed by atoms with Gasteiger partial charge in [-0.05, 0) is 64.4 Å². The van der Waals surface area contributed by atoms with Crippen molar-refractivity contribution in [3.05, 3.63) is 12.1 Å². The number of nitrogens with one attached hydrogen (secondary N) is 1. The highest BCUT2D eigenvalue weighted by molar-refractivity contribution is 5.98. The summed E-state index contributed by atoms with van der Waals surface area (Å²) >= 11 is 0. The Hall–Kier alpha value is -3.77. The van der Waals surface area contributed by atoms with Gasteiger partial charge < -0.3 is 30.3 Å². The molecule has 2 unspecified atom stereocenters.